The third-order valence-corrected chi connectivity index (χ3v) is 6.14. The van der Waals surface area contributed by atoms with E-state index in [2.05, 4.69) is 25.1 Å². The van der Waals surface area contributed by atoms with Gasteiger partial charge in [0.1, 0.15) is 0 Å². The van der Waals surface area contributed by atoms with Crippen molar-refractivity contribution in [3.63, 3.8) is 0 Å². The fraction of sp³-hybridized carbons (Fsp3) is 0.458. The molecule has 4 rings (SSSR count). The number of alkyl halides is 6. The summed E-state index contributed by atoms with van der Waals surface area (Å²) in [6.45, 7) is 1.11. The molecular weight excluding hydrogens is 544 g/mol. The Morgan fingerprint density at radius 3 is 2.13 bits per heavy atom. The maximum Gasteiger partial charge on any atom is 0.490 e. The standard InChI is InChI=1S/C20H24ClN3.2C2HF3O2/c1-24(2)6-5-12-7-13-9-14(8-12)19-18(10-13)23-17-11-15(21)3-4-16(17)20(19)22;2*3-2(4,5)1(6)7/h3-4,7,11,13-14H,5-6,8-10H2,1-2H3,(H2,22,23);2*(H,6,7). The van der Waals surface area contributed by atoms with Gasteiger partial charge in [0, 0.05) is 33.9 Å². The minimum absolute atomic E-state index is 0.522. The van der Waals surface area contributed by atoms with Crippen LogP contribution in [0.3, 0.4) is 0 Å². The molecule has 2 atom stereocenters. The Labute approximate surface area is 218 Å². The number of hydrogen-bond acceptors (Lipinski definition) is 5. The number of anilines is 1. The van der Waals surface area contributed by atoms with Gasteiger partial charge in [-0.1, -0.05) is 23.3 Å². The third-order valence-electron chi connectivity index (χ3n) is 5.90. The first-order valence-electron chi connectivity index (χ1n) is 11.2. The van der Waals surface area contributed by atoms with Crippen molar-refractivity contribution >= 4 is 40.1 Å². The Hall–Kier alpha value is -3.06. The van der Waals surface area contributed by atoms with Gasteiger partial charge in [-0.2, -0.15) is 26.3 Å². The van der Waals surface area contributed by atoms with Gasteiger partial charge in [0.25, 0.3) is 0 Å². The van der Waals surface area contributed by atoms with Gasteiger partial charge in [0.2, 0.25) is 0 Å². The summed E-state index contributed by atoms with van der Waals surface area (Å²) < 4.78 is 63.5. The minimum Gasteiger partial charge on any atom is -0.475 e. The van der Waals surface area contributed by atoms with E-state index in [-0.39, 0.29) is 0 Å². The average Bonchev–Trinajstić information content (AvgIpc) is 2.76. The topological polar surface area (TPSA) is 117 Å². The zero-order valence-corrected chi connectivity index (χ0v) is 21.1. The minimum atomic E-state index is -5.08. The van der Waals surface area contributed by atoms with Gasteiger partial charge in [-0.3, -0.25) is 4.98 Å². The Morgan fingerprint density at radius 1 is 1.08 bits per heavy atom. The average molecular weight is 570 g/mol. The smallest absolute Gasteiger partial charge is 0.475 e. The lowest BCUT2D eigenvalue weighted by Gasteiger charge is -2.36. The normalized spacial score (nSPS) is 18.4. The Balaban J connectivity index is 0.000000301. The molecule has 1 heterocycles. The van der Waals surface area contributed by atoms with Crippen molar-refractivity contribution in [2.75, 3.05) is 26.4 Å². The van der Waals surface area contributed by atoms with Crippen molar-refractivity contribution in [1.82, 2.24) is 9.88 Å². The number of aliphatic carboxylic acids is 2. The fourth-order valence-corrected chi connectivity index (χ4v) is 4.51. The lowest BCUT2D eigenvalue weighted by Crippen LogP contribution is -2.25. The first-order valence-corrected chi connectivity index (χ1v) is 11.6. The van der Waals surface area contributed by atoms with Crippen molar-refractivity contribution in [1.29, 1.82) is 0 Å². The summed E-state index contributed by atoms with van der Waals surface area (Å²) in [6, 6.07) is 5.84. The van der Waals surface area contributed by atoms with E-state index in [1.807, 2.05) is 18.2 Å². The summed E-state index contributed by atoms with van der Waals surface area (Å²) in [6.07, 6.45) is -3.16. The summed E-state index contributed by atoms with van der Waals surface area (Å²) in [4.78, 5) is 25.0. The summed E-state index contributed by atoms with van der Waals surface area (Å²) in [5.74, 6) is -4.38. The monoisotopic (exact) mass is 569 g/mol. The number of carbonyl (C=O) groups is 2. The summed E-state index contributed by atoms with van der Waals surface area (Å²) in [7, 11) is 4.28. The molecule has 0 fully saturated rings. The van der Waals surface area contributed by atoms with Gasteiger partial charge in [-0.25, -0.2) is 9.59 Å². The zero-order chi connectivity index (χ0) is 29.0. The van der Waals surface area contributed by atoms with Crippen LogP contribution in [0.25, 0.3) is 10.9 Å². The largest absolute Gasteiger partial charge is 0.490 e. The van der Waals surface area contributed by atoms with Crippen LogP contribution in [-0.2, 0) is 16.0 Å². The van der Waals surface area contributed by atoms with E-state index in [4.69, 9.17) is 42.1 Å². The molecule has 14 heteroatoms. The molecule has 7 nitrogen and oxygen atoms in total. The molecule has 38 heavy (non-hydrogen) atoms. The van der Waals surface area contributed by atoms with Gasteiger partial charge in [-0.15, -0.1) is 0 Å². The molecule has 2 aromatic rings. The zero-order valence-electron chi connectivity index (χ0n) is 20.3. The Bertz CT molecular complexity index is 1190. The second-order valence-corrected chi connectivity index (χ2v) is 9.57. The second kappa shape index (κ2) is 12.2. The molecule has 0 radical (unpaired) electrons. The number of nitrogen functional groups attached to an aromatic ring is 1. The van der Waals surface area contributed by atoms with E-state index in [0.717, 1.165) is 47.4 Å². The maximum atomic E-state index is 10.6. The van der Waals surface area contributed by atoms with Crippen molar-refractivity contribution in [3.8, 4) is 0 Å². The van der Waals surface area contributed by atoms with Crippen LogP contribution >= 0.6 is 11.6 Å². The number of allylic oxidation sites excluding steroid dienone is 1. The van der Waals surface area contributed by atoms with Crippen LogP contribution in [0.1, 0.15) is 36.4 Å². The first-order chi connectivity index (χ1) is 17.4. The quantitative estimate of drug-likeness (QED) is 0.322. The number of hydrogen-bond donors (Lipinski definition) is 3. The molecule has 0 amide bonds. The predicted molar refractivity (Wildman–Crippen MR) is 129 cm³/mol. The Morgan fingerprint density at radius 2 is 1.63 bits per heavy atom. The van der Waals surface area contributed by atoms with Gasteiger partial charge >= 0.3 is 24.3 Å². The molecule has 0 spiro atoms. The predicted octanol–water partition coefficient (Wildman–Crippen LogP) is 5.66. The number of benzene rings is 1. The summed E-state index contributed by atoms with van der Waals surface area (Å²) in [5.41, 5.74) is 12.5. The second-order valence-electron chi connectivity index (χ2n) is 9.13. The summed E-state index contributed by atoms with van der Waals surface area (Å²) in [5, 5.41) is 16.0. The molecular formula is C24H26ClF6N3O4. The van der Waals surface area contributed by atoms with E-state index in [0.29, 0.717) is 11.8 Å². The van der Waals surface area contributed by atoms with Gasteiger partial charge in [0.05, 0.1) is 5.52 Å². The van der Waals surface area contributed by atoms with Crippen LogP contribution in [0, 0.1) is 5.92 Å². The van der Waals surface area contributed by atoms with E-state index in [1.54, 1.807) is 5.57 Å². The van der Waals surface area contributed by atoms with E-state index >= 15 is 0 Å². The SMILES string of the molecule is CN(C)CCC1=CC2Cc3nc4cc(Cl)ccc4c(N)c3C(C1)C2.O=C(O)C(F)(F)F.O=C(O)C(F)(F)F. The molecule has 0 saturated heterocycles. The van der Waals surface area contributed by atoms with Crippen molar-refractivity contribution in [2.24, 2.45) is 5.92 Å². The number of nitrogens with zero attached hydrogens (tertiary/aromatic N) is 2. The van der Waals surface area contributed by atoms with E-state index in [9.17, 15) is 26.3 Å². The van der Waals surface area contributed by atoms with Crippen LogP contribution in [-0.4, -0.2) is 65.0 Å². The maximum absolute atomic E-state index is 10.6. The lowest BCUT2D eigenvalue weighted by molar-refractivity contribution is -0.193. The molecule has 210 valence electrons. The third kappa shape index (κ3) is 8.48. The first kappa shape index (κ1) is 31.2. The highest BCUT2D eigenvalue weighted by Gasteiger charge is 2.39. The van der Waals surface area contributed by atoms with Gasteiger partial charge in [0.15, 0.2) is 0 Å². The number of carboxylic acid groups (broad SMARTS) is 2. The van der Waals surface area contributed by atoms with E-state index < -0.39 is 24.3 Å². The molecule has 0 saturated carbocycles. The number of aromatic nitrogens is 1. The highest BCUT2D eigenvalue weighted by molar-refractivity contribution is 6.31. The molecule has 1 aromatic heterocycles. The lowest BCUT2D eigenvalue weighted by atomic mass is 9.70. The van der Waals surface area contributed by atoms with Gasteiger partial charge in [-0.05, 0) is 69.8 Å². The van der Waals surface area contributed by atoms with Crippen LogP contribution in [0.5, 0.6) is 0 Å². The molecule has 2 aliphatic carbocycles. The van der Waals surface area contributed by atoms with Crippen LogP contribution in [0.15, 0.2) is 29.8 Å². The number of rotatable bonds is 3. The molecule has 1 aromatic carbocycles. The number of nitrogens with two attached hydrogens (primary N) is 1. The molecule has 2 bridgehead atoms. The van der Waals surface area contributed by atoms with Crippen molar-refractivity contribution < 1.29 is 46.1 Å². The molecule has 4 N–H and O–H groups in total. The highest BCUT2D eigenvalue weighted by Crippen LogP contribution is 2.47. The Kier molecular flexibility index (Phi) is 10.0. The molecule has 2 aliphatic rings. The number of pyridine rings is 1. The van der Waals surface area contributed by atoms with Crippen LogP contribution in [0.2, 0.25) is 5.02 Å². The van der Waals surface area contributed by atoms with Crippen molar-refractivity contribution in [3.05, 3.63) is 46.1 Å². The molecule has 2 unspecified atom stereocenters. The fourth-order valence-electron chi connectivity index (χ4n) is 4.34. The number of fused-ring (bicyclic) bond motifs is 5. The highest BCUT2D eigenvalue weighted by atomic mass is 35.5. The number of halogens is 7. The van der Waals surface area contributed by atoms with Crippen molar-refractivity contribution in [2.45, 2.75) is 44.0 Å². The summed E-state index contributed by atoms with van der Waals surface area (Å²) >= 11 is 6.14. The van der Waals surface area contributed by atoms with Crippen LogP contribution < -0.4 is 5.73 Å². The number of carboxylic acids is 2. The van der Waals surface area contributed by atoms with Gasteiger partial charge < -0.3 is 20.8 Å². The molecule has 0 aliphatic heterocycles. The van der Waals surface area contributed by atoms with Crippen LogP contribution in [0.4, 0.5) is 32.0 Å². The van der Waals surface area contributed by atoms with E-state index in [1.165, 1.54) is 17.7 Å².